The molecule has 0 saturated carbocycles. The Kier molecular flexibility index (Phi) is 6.61. The average Bonchev–Trinajstić information content (AvgIpc) is 2.68. The molecule has 2 aromatic rings. The fourth-order valence-corrected chi connectivity index (χ4v) is 3.79. The quantitative estimate of drug-likeness (QED) is 0.770. The molecule has 0 spiro atoms. The molecule has 1 aromatic heterocycles. The monoisotopic (exact) mass is 405 g/mol. The third-order valence-corrected chi connectivity index (χ3v) is 5.44. The summed E-state index contributed by atoms with van der Waals surface area (Å²) >= 11 is 0.276. The summed E-state index contributed by atoms with van der Waals surface area (Å²) in [5, 5.41) is 3.06. The summed E-state index contributed by atoms with van der Waals surface area (Å²) in [6, 6.07) is 10.4. The van der Waals surface area contributed by atoms with E-state index in [0.717, 1.165) is 5.56 Å². The SMILES string of the molecule is Cc1ccccc1C(=O)NC1CCN(C(=O)c2cccnc2SC(F)F)CC1. The normalized spacial score (nSPS) is 14.9. The first-order valence-corrected chi connectivity index (χ1v) is 9.89. The number of likely N-dealkylation sites (tertiary alicyclic amines) is 1. The van der Waals surface area contributed by atoms with E-state index >= 15 is 0 Å². The summed E-state index contributed by atoms with van der Waals surface area (Å²) in [6.07, 6.45) is 2.62. The molecule has 1 saturated heterocycles. The second kappa shape index (κ2) is 9.14. The van der Waals surface area contributed by atoms with Crippen molar-refractivity contribution in [2.24, 2.45) is 0 Å². The summed E-state index contributed by atoms with van der Waals surface area (Å²) in [5.41, 5.74) is 1.74. The highest BCUT2D eigenvalue weighted by atomic mass is 32.2. The lowest BCUT2D eigenvalue weighted by molar-refractivity contribution is 0.0694. The molecule has 1 aromatic carbocycles. The Morgan fingerprint density at radius 2 is 1.82 bits per heavy atom. The van der Waals surface area contributed by atoms with Crippen molar-refractivity contribution >= 4 is 23.6 Å². The van der Waals surface area contributed by atoms with Crippen LogP contribution in [-0.4, -0.2) is 46.6 Å². The molecule has 1 N–H and O–H groups in total. The Labute approximate surface area is 166 Å². The first-order chi connectivity index (χ1) is 13.5. The molecule has 8 heteroatoms. The lowest BCUT2D eigenvalue weighted by atomic mass is 10.0. The van der Waals surface area contributed by atoms with Crippen molar-refractivity contribution in [3.8, 4) is 0 Å². The van der Waals surface area contributed by atoms with Crippen LogP contribution in [-0.2, 0) is 0 Å². The number of benzene rings is 1. The van der Waals surface area contributed by atoms with Crippen molar-refractivity contribution in [2.45, 2.75) is 36.6 Å². The van der Waals surface area contributed by atoms with E-state index in [9.17, 15) is 18.4 Å². The lowest BCUT2D eigenvalue weighted by Gasteiger charge is -2.32. The van der Waals surface area contributed by atoms with Gasteiger partial charge in [0.2, 0.25) is 0 Å². The van der Waals surface area contributed by atoms with Crippen molar-refractivity contribution in [1.82, 2.24) is 15.2 Å². The van der Waals surface area contributed by atoms with Crippen molar-refractivity contribution in [1.29, 1.82) is 0 Å². The molecule has 0 aliphatic carbocycles. The molecule has 0 unspecified atom stereocenters. The van der Waals surface area contributed by atoms with Crippen LogP contribution in [0.2, 0.25) is 0 Å². The number of piperidine rings is 1. The fraction of sp³-hybridized carbons (Fsp3) is 0.350. The van der Waals surface area contributed by atoms with Crippen molar-refractivity contribution in [3.63, 3.8) is 0 Å². The highest BCUT2D eigenvalue weighted by Crippen LogP contribution is 2.27. The molecule has 1 aliphatic heterocycles. The van der Waals surface area contributed by atoms with Gasteiger partial charge in [0.05, 0.1) is 5.56 Å². The number of amides is 2. The van der Waals surface area contributed by atoms with E-state index in [4.69, 9.17) is 0 Å². The van der Waals surface area contributed by atoms with Gasteiger partial charge in [0.1, 0.15) is 5.03 Å². The number of carbonyl (C=O) groups excluding carboxylic acids is 2. The fourth-order valence-electron chi connectivity index (χ4n) is 3.22. The van der Waals surface area contributed by atoms with E-state index in [-0.39, 0.29) is 40.2 Å². The minimum absolute atomic E-state index is 0.0278. The number of rotatable bonds is 5. The number of aromatic nitrogens is 1. The predicted octanol–water partition coefficient (Wildman–Crippen LogP) is 3.74. The number of halogens is 2. The standard InChI is InChI=1S/C20H21F2N3O2S/c1-13-5-2-3-6-15(13)17(26)24-14-8-11-25(12-9-14)19(27)16-7-4-10-23-18(16)28-20(21)22/h2-7,10,14,20H,8-9,11-12H2,1H3,(H,24,26). The molecule has 2 amide bonds. The molecule has 5 nitrogen and oxygen atoms in total. The molecule has 148 valence electrons. The minimum atomic E-state index is -2.64. The number of pyridine rings is 1. The van der Waals surface area contributed by atoms with Gasteiger partial charge in [0, 0.05) is 30.9 Å². The van der Waals surface area contributed by atoms with Crippen LogP contribution >= 0.6 is 11.8 Å². The molecular formula is C20H21F2N3O2S. The molecule has 0 radical (unpaired) electrons. The summed E-state index contributed by atoms with van der Waals surface area (Å²) in [4.78, 5) is 30.7. The Bertz CT molecular complexity index is 855. The number of carbonyl (C=O) groups is 2. The largest absolute Gasteiger partial charge is 0.349 e. The van der Waals surface area contributed by atoms with Crippen LogP contribution in [0.5, 0.6) is 0 Å². The Hall–Kier alpha value is -2.48. The molecule has 1 fully saturated rings. The Balaban J connectivity index is 1.59. The van der Waals surface area contributed by atoms with Crippen LogP contribution in [0.1, 0.15) is 39.1 Å². The van der Waals surface area contributed by atoms with Gasteiger partial charge in [-0.2, -0.15) is 8.78 Å². The highest BCUT2D eigenvalue weighted by molar-refractivity contribution is 7.99. The molecule has 0 atom stereocenters. The average molecular weight is 405 g/mol. The number of nitrogens with one attached hydrogen (secondary N) is 1. The van der Waals surface area contributed by atoms with Crippen LogP contribution in [0.3, 0.4) is 0 Å². The van der Waals surface area contributed by atoms with E-state index in [1.807, 2.05) is 25.1 Å². The van der Waals surface area contributed by atoms with Gasteiger partial charge in [-0.25, -0.2) is 4.98 Å². The number of alkyl halides is 2. The van der Waals surface area contributed by atoms with Crippen LogP contribution in [0.25, 0.3) is 0 Å². The first kappa shape index (κ1) is 20.3. The maximum atomic E-state index is 12.7. The number of hydrogen-bond donors (Lipinski definition) is 1. The number of thioether (sulfide) groups is 1. The van der Waals surface area contributed by atoms with Gasteiger partial charge in [-0.3, -0.25) is 9.59 Å². The van der Waals surface area contributed by atoms with E-state index in [1.54, 1.807) is 17.0 Å². The second-order valence-corrected chi connectivity index (χ2v) is 7.57. The molecular weight excluding hydrogens is 384 g/mol. The van der Waals surface area contributed by atoms with Gasteiger partial charge < -0.3 is 10.2 Å². The molecule has 3 rings (SSSR count). The van der Waals surface area contributed by atoms with E-state index in [1.165, 1.54) is 12.3 Å². The van der Waals surface area contributed by atoms with E-state index in [2.05, 4.69) is 10.3 Å². The third kappa shape index (κ3) is 4.86. The van der Waals surface area contributed by atoms with Gasteiger partial charge in [0.25, 0.3) is 17.6 Å². The maximum absolute atomic E-state index is 12.7. The number of hydrogen-bond acceptors (Lipinski definition) is 4. The summed E-state index contributed by atoms with van der Waals surface area (Å²) in [7, 11) is 0. The lowest BCUT2D eigenvalue weighted by Crippen LogP contribution is -2.46. The summed E-state index contributed by atoms with van der Waals surface area (Å²) in [5.74, 6) is -3.06. The molecule has 0 bridgehead atoms. The summed E-state index contributed by atoms with van der Waals surface area (Å²) in [6.45, 7) is 2.79. The molecule has 28 heavy (non-hydrogen) atoms. The van der Waals surface area contributed by atoms with Crippen LogP contribution in [0.15, 0.2) is 47.6 Å². The van der Waals surface area contributed by atoms with Crippen molar-refractivity contribution in [2.75, 3.05) is 13.1 Å². The zero-order valence-electron chi connectivity index (χ0n) is 15.4. The molecule has 1 aliphatic rings. The smallest absolute Gasteiger partial charge is 0.290 e. The predicted molar refractivity (Wildman–Crippen MR) is 104 cm³/mol. The van der Waals surface area contributed by atoms with Crippen LogP contribution in [0.4, 0.5) is 8.78 Å². The summed E-state index contributed by atoms with van der Waals surface area (Å²) < 4.78 is 25.4. The Morgan fingerprint density at radius 3 is 2.50 bits per heavy atom. The third-order valence-electron chi connectivity index (χ3n) is 4.71. The van der Waals surface area contributed by atoms with Crippen molar-refractivity contribution < 1.29 is 18.4 Å². The van der Waals surface area contributed by atoms with Gasteiger partial charge >= 0.3 is 0 Å². The number of aryl methyl sites for hydroxylation is 1. The zero-order chi connectivity index (χ0) is 20.1. The van der Waals surface area contributed by atoms with E-state index in [0.29, 0.717) is 31.5 Å². The van der Waals surface area contributed by atoms with E-state index < -0.39 is 5.76 Å². The zero-order valence-corrected chi connectivity index (χ0v) is 16.2. The number of nitrogens with zero attached hydrogens (tertiary/aromatic N) is 2. The first-order valence-electron chi connectivity index (χ1n) is 9.01. The maximum Gasteiger partial charge on any atom is 0.290 e. The van der Waals surface area contributed by atoms with Gasteiger partial charge in [-0.15, -0.1) is 0 Å². The second-order valence-electron chi connectivity index (χ2n) is 6.59. The topological polar surface area (TPSA) is 62.3 Å². The Morgan fingerprint density at radius 1 is 1.14 bits per heavy atom. The van der Waals surface area contributed by atoms with Crippen LogP contribution in [0, 0.1) is 6.92 Å². The van der Waals surface area contributed by atoms with Gasteiger partial charge in [0.15, 0.2) is 0 Å². The van der Waals surface area contributed by atoms with Crippen molar-refractivity contribution in [3.05, 3.63) is 59.3 Å². The molecule has 2 heterocycles. The highest BCUT2D eigenvalue weighted by Gasteiger charge is 2.27. The minimum Gasteiger partial charge on any atom is -0.349 e. The van der Waals surface area contributed by atoms with Crippen LogP contribution < -0.4 is 5.32 Å². The van der Waals surface area contributed by atoms with Gasteiger partial charge in [-0.1, -0.05) is 18.2 Å². The van der Waals surface area contributed by atoms with Gasteiger partial charge in [-0.05, 0) is 55.3 Å².